The molecule has 0 saturated heterocycles. The Morgan fingerprint density at radius 1 is 1.24 bits per heavy atom. The predicted octanol–water partition coefficient (Wildman–Crippen LogP) is 2.63. The zero-order valence-electron chi connectivity index (χ0n) is 12.5. The molecule has 2 rings (SSSR count). The topological polar surface area (TPSA) is 66.4 Å². The Balaban J connectivity index is 1.99. The van der Waals surface area contributed by atoms with Gasteiger partial charge in [-0.25, -0.2) is 0 Å². The first-order valence-corrected chi connectivity index (χ1v) is 7.57. The minimum Gasteiger partial charge on any atom is -0.481 e. The van der Waals surface area contributed by atoms with E-state index in [0.29, 0.717) is 6.54 Å². The first-order chi connectivity index (χ1) is 10.0. The molecule has 1 aromatic carbocycles. The molecule has 0 heterocycles. The Bertz CT molecular complexity index is 492. The monoisotopic (exact) mass is 289 g/mol. The van der Waals surface area contributed by atoms with E-state index in [0.717, 1.165) is 19.3 Å². The van der Waals surface area contributed by atoms with E-state index >= 15 is 0 Å². The van der Waals surface area contributed by atoms with Crippen molar-refractivity contribution in [1.82, 2.24) is 5.32 Å². The average molecular weight is 289 g/mol. The Labute approximate surface area is 125 Å². The van der Waals surface area contributed by atoms with Gasteiger partial charge in [-0.15, -0.1) is 0 Å². The van der Waals surface area contributed by atoms with Crippen molar-refractivity contribution in [2.45, 2.75) is 39.0 Å². The molecule has 1 fully saturated rings. The van der Waals surface area contributed by atoms with Gasteiger partial charge in [-0.2, -0.15) is 0 Å². The van der Waals surface area contributed by atoms with Gasteiger partial charge in [0.15, 0.2) is 0 Å². The smallest absolute Gasteiger partial charge is 0.315 e. The molecule has 0 spiro atoms. The molecule has 0 aliphatic heterocycles. The summed E-state index contributed by atoms with van der Waals surface area (Å²) in [5.41, 5.74) is 1.36. The number of carbonyl (C=O) groups excluding carboxylic acids is 1. The number of hydrogen-bond donors (Lipinski definition) is 2. The van der Waals surface area contributed by atoms with E-state index < -0.39 is 11.9 Å². The molecule has 114 valence electrons. The van der Waals surface area contributed by atoms with E-state index in [2.05, 4.69) is 17.4 Å². The van der Waals surface area contributed by atoms with Crippen LogP contribution in [0.1, 0.15) is 38.2 Å². The van der Waals surface area contributed by atoms with E-state index in [-0.39, 0.29) is 11.3 Å². The van der Waals surface area contributed by atoms with Gasteiger partial charge < -0.3 is 10.4 Å². The number of amides is 1. The Morgan fingerprint density at radius 3 is 2.43 bits per heavy atom. The maximum absolute atomic E-state index is 11.8. The van der Waals surface area contributed by atoms with Crippen molar-refractivity contribution < 1.29 is 14.7 Å². The predicted molar refractivity (Wildman–Crippen MR) is 80.9 cm³/mol. The van der Waals surface area contributed by atoms with Crippen LogP contribution in [0.15, 0.2) is 30.3 Å². The maximum atomic E-state index is 11.8. The minimum absolute atomic E-state index is 0.0786. The summed E-state index contributed by atoms with van der Waals surface area (Å²) in [6, 6.07) is 10.3. The van der Waals surface area contributed by atoms with Crippen LogP contribution in [0.3, 0.4) is 0 Å². The second-order valence-electron chi connectivity index (χ2n) is 6.15. The average Bonchev–Trinajstić information content (AvgIpc) is 2.94. The molecule has 1 atom stereocenters. The summed E-state index contributed by atoms with van der Waals surface area (Å²) in [4.78, 5) is 22.7. The highest BCUT2D eigenvalue weighted by Gasteiger charge is 2.35. The highest BCUT2D eigenvalue weighted by Crippen LogP contribution is 2.40. The van der Waals surface area contributed by atoms with Crippen molar-refractivity contribution in [2.75, 3.05) is 6.54 Å². The van der Waals surface area contributed by atoms with Gasteiger partial charge >= 0.3 is 5.97 Å². The number of rotatable bonds is 6. The highest BCUT2D eigenvalue weighted by molar-refractivity contribution is 5.96. The lowest BCUT2D eigenvalue weighted by Crippen LogP contribution is -2.41. The summed E-state index contributed by atoms with van der Waals surface area (Å²) in [6.45, 7) is 1.99. The molecule has 21 heavy (non-hydrogen) atoms. The lowest BCUT2D eigenvalue weighted by atomic mass is 9.80. The van der Waals surface area contributed by atoms with Gasteiger partial charge in [0.1, 0.15) is 5.92 Å². The number of aliphatic carboxylic acids is 1. The second-order valence-corrected chi connectivity index (χ2v) is 6.15. The van der Waals surface area contributed by atoms with Crippen molar-refractivity contribution in [3.8, 4) is 0 Å². The molecule has 0 aromatic heterocycles. The van der Waals surface area contributed by atoms with E-state index in [9.17, 15) is 9.59 Å². The summed E-state index contributed by atoms with van der Waals surface area (Å²) in [5, 5.41) is 11.7. The lowest BCUT2D eigenvalue weighted by molar-refractivity contribution is -0.146. The van der Waals surface area contributed by atoms with Crippen LogP contribution in [0.25, 0.3) is 0 Å². The number of nitrogens with one attached hydrogen (secondary N) is 1. The van der Waals surface area contributed by atoms with Crippen LogP contribution < -0.4 is 5.32 Å². The fraction of sp³-hybridized carbons (Fsp3) is 0.529. The van der Waals surface area contributed by atoms with E-state index in [1.165, 1.54) is 25.3 Å². The van der Waals surface area contributed by atoms with Crippen LogP contribution in [0.4, 0.5) is 0 Å². The van der Waals surface area contributed by atoms with E-state index in [4.69, 9.17) is 5.11 Å². The number of carbonyl (C=O) groups is 2. The standard InChI is InChI=1S/C17H23NO3/c1-13(16(20)21)15(19)18-12-17(9-5-6-10-17)11-14-7-3-2-4-8-14/h2-4,7-8,13H,5-6,9-12H2,1H3,(H,18,19)(H,20,21). The minimum atomic E-state index is -1.07. The molecule has 0 bridgehead atoms. The second kappa shape index (κ2) is 6.74. The fourth-order valence-corrected chi connectivity index (χ4v) is 3.11. The molecule has 0 radical (unpaired) electrons. The number of carboxylic acids is 1. The summed E-state index contributed by atoms with van der Waals surface area (Å²) in [6.07, 6.45) is 5.47. The first kappa shape index (κ1) is 15.5. The van der Waals surface area contributed by atoms with Gasteiger partial charge in [0.05, 0.1) is 0 Å². The molecule has 1 amide bonds. The van der Waals surface area contributed by atoms with Crippen molar-refractivity contribution >= 4 is 11.9 Å². The number of hydrogen-bond acceptors (Lipinski definition) is 2. The van der Waals surface area contributed by atoms with Crippen LogP contribution in [0.2, 0.25) is 0 Å². The molecule has 1 aromatic rings. The third-order valence-electron chi connectivity index (χ3n) is 4.49. The van der Waals surface area contributed by atoms with Gasteiger partial charge in [-0.3, -0.25) is 9.59 Å². The van der Waals surface area contributed by atoms with Gasteiger partial charge in [0.2, 0.25) is 5.91 Å². The highest BCUT2D eigenvalue weighted by atomic mass is 16.4. The van der Waals surface area contributed by atoms with Gasteiger partial charge in [-0.1, -0.05) is 43.2 Å². The molecule has 1 unspecified atom stereocenters. The summed E-state index contributed by atoms with van der Waals surface area (Å²) in [5.74, 6) is -2.45. The molecule has 1 aliphatic carbocycles. The van der Waals surface area contributed by atoms with Gasteiger partial charge in [-0.05, 0) is 37.2 Å². The van der Waals surface area contributed by atoms with Crippen LogP contribution >= 0.6 is 0 Å². The van der Waals surface area contributed by atoms with Crippen LogP contribution in [-0.4, -0.2) is 23.5 Å². The van der Waals surface area contributed by atoms with Crippen molar-refractivity contribution in [3.05, 3.63) is 35.9 Å². The van der Waals surface area contributed by atoms with Crippen molar-refractivity contribution in [2.24, 2.45) is 11.3 Å². The number of carboxylic acid groups (broad SMARTS) is 1. The SMILES string of the molecule is CC(C(=O)O)C(=O)NCC1(Cc2ccccc2)CCCC1. The third-order valence-corrected chi connectivity index (χ3v) is 4.49. The molecular weight excluding hydrogens is 266 g/mol. The zero-order chi connectivity index (χ0) is 15.3. The summed E-state index contributed by atoms with van der Waals surface area (Å²) >= 11 is 0. The Kier molecular flexibility index (Phi) is 4.99. The lowest BCUT2D eigenvalue weighted by Gasteiger charge is -2.30. The van der Waals surface area contributed by atoms with Crippen LogP contribution in [0.5, 0.6) is 0 Å². The third kappa shape index (κ3) is 4.06. The van der Waals surface area contributed by atoms with E-state index in [1.807, 2.05) is 18.2 Å². The van der Waals surface area contributed by atoms with Crippen LogP contribution in [0, 0.1) is 11.3 Å². The summed E-state index contributed by atoms with van der Waals surface area (Å²) < 4.78 is 0. The van der Waals surface area contributed by atoms with Gasteiger partial charge in [0, 0.05) is 6.54 Å². The molecule has 1 saturated carbocycles. The summed E-state index contributed by atoms with van der Waals surface area (Å²) in [7, 11) is 0. The molecular formula is C17H23NO3. The van der Waals surface area contributed by atoms with Crippen molar-refractivity contribution in [3.63, 3.8) is 0 Å². The Morgan fingerprint density at radius 2 is 1.86 bits per heavy atom. The quantitative estimate of drug-likeness (QED) is 0.791. The maximum Gasteiger partial charge on any atom is 0.315 e. The molecule has 1 aliphatic rings. The molecule has 2 N–H and O–H groups in total. The Hall–Kier alpha value is -1.84. The van der Waals surface area contributed by atoms with Gasteiger partial charge in [0.25, 0.3) is 0 Å². The van der Waals surface area contributed by atoms with E-state index in [1.54, 1.807) is 0 Å². The van der Waals surface area contributed by atoms with Crippen LogP contribution in [-0.2, 0) is 16.0 Å². The fourth-order valence-electron chi connectivity index (χ4n) is 3.11. The normalized spacial score (nSPS) is 18.1. The van der Waals surface area contributed by atoms with Crippen molar-refractivity contribution in [1.29, 1.82) is 0 Å². The number of benzene rings is 1. The largest absolute Gasteiger partial charge is 0.481 e. The zero-order valence-corrected chi connectivity index (χ0v) is 12.5. The molecule has 4 nitrogen and oxygen atoms in total. The molecule has 4 heteroatoms. The first-order valence-electron chi connectivity index (χ1n) is 7.57.